The van der Waals surface area contributed by atoms with Crippen molar-refractivity contribution in [3.63, 3.8) is 0 Å². The Morgan fingerprint density at radius 2 is 1.04 bits per heavy atom. The molecule has 0 aliphatic rings. The van der Waals surface area contributed by atoms with Crippen molar-refractivity contribution in [1.82, 2.24) is 0 Å². The van der Waals surface area contributed by atoms with E-state index in [4.69, 9.17) is 0 Å². The van der Waals surface area contributed by atoms with Gasteiger partial charge in [-0.15, -0.1) is 0 Å². The van der Waals surface area contributed by atoms with Gasteiger partial charge < -0.3 is 9.66 Å². The number of hydrogen-bond donors (Lipinski definition) is 1. The van der Waals surface area contributed by atoms with Crippen molar-refractivity contribution in [3.8, 4) is 0 Å². The van der Waals surface area contributed by atoms with Crippen LogP contribution in [-0.2, 0) is 10.1 Å². The van der Waals surface area contributed by atoms with E-state index in [1.165, 1.54) is 51.4 Å². The van der Waals surface area contributed by atoms with Gasteiger partial charge in [-0.1, -0.05) is 110 Å². The third-order valence-corrected chi connectivity index (χ3v) is 6.71. The number of aliphatic hydroxyl groups is 1. The van der Waals surface area contributed by atoms with E-state index in [1.54, 1.807) is 0 Å². The molecule has 0 aromatic heterocycles. The fraction of sp³-hybridized carbons (Fsp3) is 1.00. The molecule has 0 amide bonds. The van der Waals surface area contributed by atoms with E-state index in [-0.39, 0.29) is 36.0 Å². The minimum Gasteiger partial charge on any atom is -0.748 e. The molecule has 2 unspecified atom stereocenters. The van der Waals surface area contributed by atoms with Crippen LogP contribution in [0.4, 0.5) is 0 Å². The van der Waals surface area contributed by atoms with Gasteiger partial charge in [0.15, 0.2) is 0 Å². The Balaban J connectivity index is 0. The van der Waals surface area contributed by atoms with Gasteiger partial charge >= 0.3 is 29.6 Å². The van der Waals surface area contributed by atoms with Gasteiger partial charge in [-0.05, 0) is 19.3 Å². The molecule has 28 heavy (non-hydrogen) atoms. The Kier molecular flexibility index (Phi) is 23.4. The molecule has 0 saturated heterocycles. The van der Waals surface area contributed by atoms with Crippen LogP contribution in [0.1, 0.15) is 129 Å². The maximum Gasteiger partial charge on any atom is 1.00 e. The zero-order valence-corrected chi connectivity index (χ0v) is 21.8. The van der Waals surface area contributed by atoms with Crippen molar-refractivity contribution < 1.29 is 47.6 Å². The second-order valence-corrected chi connectivity index (χ2v) is 9.83. The van der Waals surface area contributed by atoms with Crippen molar-refractivity contribution in [2.45, 2.75) is 141 Å². The number of hydrogen-bond acceptors (Lipinski definition) is 4. The van der Waals surface area contributed by atoms with E-state index in [9.17, 15) is 18.1 Å². The maximum absolute atomic E-state index is 11.5. The molecule has 164 valence electrons. The minimum atomic E-state index is -4.32. The Bertz CT molecular complexity index is 415. The second kappa shape index (κ2) is 21.1. The summed E-state index contributed by atoms with van der Waals surface area (Å²) in [6.45, 7) is 4.37. The average Bonchev–Trinajstić information content (AvgIpc) is 2.61. The Labute approximate surface area is 197 Å². The summed E-state index contributed by atoms with van der Waals surface area (Å²) in [6.07, 6.45) is 17.9. The monoisotopic (exact) mass is 428 g/mol. The summed E-state index contributed by atoms with van der Waals surface area (Å²) in [7, 11) is -4.32. The van der Waals surface area contributed by atoms with E-state index < -0.39 is 21.5 Å². The molecule has 0 spiro atoms. The SMILES string of the molecule is CCCCCCCCCCCCC(O)CC(CCCCCCC)S(=O)(=O)[O-].[Na+]. The summed E-state index contributed by atoms with van der Waals surface area (Å²) >= 11 is 0. The van der Waals surface area contributed by atoms with E-state index in [0.29, 0.717) is 12.8 Å². The van der Waals surface area contributed by atoms with Crippen molar-refractivity contribution in [3.05, 3.63) is 0 Å². The van der Waals surface area contributed by atoms with Crippen LogP contribution in [0.5, 0.6) is 0 Å². The second-order valence-electron chi connectivity index (χ2n) is 8.18. The van der Waals surface area contributed by atoms with Crippen LogP contribution in [0.15, 0.2) is 0 Å². The topological polar surface area (TPSA) is 77.4 Å². The Hall–Kier alpha value is 0.870. The van der Waals surface area contributed by atoms with E-state index in [2.05, 4.69) is 13.8 Å². The molecule has 0 aliphatic heterocycles. The van der Waals surface area contributed by atoms with E-state index >= 15 is 0 Å². The molecule has 0 bridgehead atoms. The zero-order chi connectivity index (χ0) is 20.4. The molecule has 0 rings (SSSR count). The summed E-state index contributed by atoms with van der Waals surface area (Å²) in [5.74, 6) is 0. The fourth-order valence-electron chi connectivity index (χ4n) is 3.64. The molecule has 0 saturated carbocycles. The first-order chi connectivity index (χ1) is 12.9. The van der Waals surface area contributed by atoms with Gasteiger partial charge in [0.05, 0.1) is 21.5 Å². The Morgan fingerprint density at radius 3 is 1.43 bits per heavy atom. The first kappa shape index (κ1) is 31.1. The van der Waals surface area contributed by atoms with Gasteiger partial charge in [-0.3, -0.25) is 0 Å². The number of rotatable bonds is 20. The van der Waals surface area contributed by atoms with Gasteiger partial charge in [-0.25, -0.2) is 8.42 Å². The van der Waals surface area contributed by atoms with Gasteiger partial charge in [-0.2, -0.15) is 0 Å². The molecule has 0 aromatic carbocycles. The van der Waals surface area contributed by atoms with Crippen LogP contribution in [0.2, 0.25) is 0 Å². The summed E-state index contributed by atoms with van der Waals surface area (Å²) in [5, 5.41) is 9.22. The third kappa shape index (κ3) is 20.2. The van der Waals surface area contributed by atoms with Crippen molar-refractivity contribution in [2.75, 3.05) is 0 Å². The molecule has 0 fully saturated rings. The van der Waals surface area contributed by atoms with Crippen LogP contribution in [0, 0.1) is 0 Å². The molecule has 0 heterocycles. The summed E-state index contributed by atoms with van der Waals surface area (Å²) in [4.78, 5) is 0. The predicted octanol–water partition coefficient (Wildman–Crippen LogP) is 3.33. The third-order valence-electron chi connectivity index (χ3n) is 5.46. The van der Waals surface area contributed by atoms with Crippen LogP contribution in [0.3, 0.4) is 0 Å². The van der Waals surface area contributed by atoms with Crippen molar-refractivity contribution in [1.29, 1.82) is 0 Å². The molecule has 2 atom stereocenters. The molecular weight excluding hydrogens is 383 g/mol. The van der Waals surface area contributed by atoms with Crippen LogP contribution < -0.4 is 29.6 Å². The van der Waals surface area contributed by atoms with E-state index in [1.807, 2.05) is 0 Å². The van der Waals surface area contributed by atoms with Crippen molar-refractivity contribution in [2.24, 2.45) is 0 Å². The molecule has 6 heteroatoms. The summed E-state index contributed by atoms with van der Waals surface area (Å²) in [6, 6.07) is 0. The standard InChI is InChI=1S/C22H46O4S.Na/c1-3-5-7-9-10-11-12-13-15-16-18-21(23)20-22(27(24,25)26)19-17-14-8-6-4-2;/h21-23H,3-20H2,1-2H3,(H,24,25,26);/q;+1/p-1. The first-order valence-electron chi connectivity index (χ1n) is 11.5. The number of aliphatic hydroxyl groups excluding tert-OH is 1. The fourth-order valence-corrected chi connectivity index (χ4v) is 4.56. The molecular formula is C22H45NaO4S. The quantitative estimate of drug-likeness (QED) is 0.183. The molecule has 1 N–H and O–H groups in total. The van der Waals surface area contributed by atoms with Gasteiger partial charge in [0, 0.05) is 0 Å². The van der Waals surface area contributed by atoms with Crippen LogP contribution in [0.25, 0.3) is 0 Å². The zero-order valence-electron chi connectivity index (χ0n) is 19.0. The normalized spacial score (nSPS) is 13.9. The number of unbranched alkanes of at least 4 members (excludes halogenated alkanes) is 13. The smallest absolute Gasteiger partial charge is 0.748 e. The van der Waals surface area contributed by atoms with Gasteiger partial charge in [0.25, 0.3) is 0 Å². The predicted molar refractivity (Wildman–Crippen MR) is 114 cm³/mol. The van der Waals surface area contributed by atoms with Crippen molar-refractivity contribution >= 4 is 10.1 Å². The molecule has 0 aliphatic carbocycles. The largest absolute Gasteiger partial charge is 1.00 e. The van der Waals surface area contributed by atoms with Gasteiger partial charge in [0.1, 0.15) is 0 Å². The summed E-state index contributed by atoms with van der Waals surface area (Å²) < 4.78 is 34.4. The van der Waals surface area contributed by atoms with E-state index in [0.717, 1.165) is 44.9 Å². The van der Waals surface area contributed by atoms with Crippen LogP contribution >= 0.6 is 0 Å². The Morgan fingerprint density at radius 1 is 0.679 bits per heavy atom. The maximum atomic E-state index is 11.5. The molecule has 0 radical (unpaired) electrons. The average molecular weight is 429 g/mol. The molecule has 4 nitrogen and oxygen atoms in total. The van der Waals surface area contributed by atoms with Gasteiger partial charge in [0.2, 0.25) is 0 Å². The minimum absolute atomic E-state index is 0. The summed E-state index contributed by atoms with van der Waals surface area (Å²) in [5.41, 5.74) is 0. The van der Waals surface area contributed by atoms with Crippen LogP contribution in [-0.4, -0.2) is 29.4 Å². The molecule has 0 aromatic rings. The first-order valence-corrected chi connectivity index (χ1v) is 13.0.